The Balaban J connectivity index is 1.63. The molecule has 1 heterocycles. The zero-order chi connectivity index (χ0) is 17.8. The highest BCUT2D eigenvalue weighted by Crippen LogP contribution is 2.29. The van der Waals surface area contributed by atoms with Gasteiger partial charge in [0, 0.05) is 5.02 Å². The highest BCUT2D eigenvalue weighted by molar-refractivity contribution is 7.22. The van der Waals surface area contributed by atoms with Crippen LogP contribution in [0.1, 0.15) is 12.5 Å². The summed E-state index contributed by atoms with van der Waals surface area (Å²) >= 11 is 7.30. The van der Waals surface area contributed by atoms with Crippen LogP contribution >= 0.6 is 22.9 Å². The van der Waals surface area contributed by atoms with E-state index in [4.69, 9.17) is 21.1 Å². The number of benzene rings is 2. The van der Waals surface area contributed by atoms with Crippen molar-refractivity contribution >= 4 is 44.2 Å². The van der Waals surface area contributed by atoms with Gasteiger partial charge in [-0.25, -0.2) is 4.98 Å². The largest absolute Gasteiger partial charge is 0.494 e. The lowest BCUT2D eigenvalue weighted by Crippen LogP contribution is -2.20. The number of aromatic nitrogens is 1. The number of amides is 1. The average molecular weight is 377 g/mol. The molecule has 0 saturated carbocycles. The van der Waals surface area contributed by atoms with Gasteiger partial charge in [-0.1, -0.05) is 22.9 Å². The lowest BCUT2D eigenvalue weighted by molar-refractivity contribution is -0.118. The fourth-order valence-electron chi connectivity index (χ4n) is 2.29. The van der Waals surface area contributed by atoms with Crippen molar-refractivity contribution in [2.75, 3.05) is 18.5 Å². The van der Waals surface area contributed by atoms with Crippen molar-refractivity contribution in [2.24, 2.45) is 0 Å². The molecule has 0 aliphatic carbocycles. The molecule has 25 heavy (non-hydrogen) atoms. The van der Waals surface area contributed by atoms with Crippen molar-refractivity contribution in [3.63, 3.8) is 0 Å². The van der Waals surface area contributed by atoms with Crippen molar-refractivity contribution in [2.45, 2.75) is 13.8 Å². The number of aryl methyl sites for hydroxylation is 1. The van der Waals surface area contributed by atoms with Crippen molar-refractivity contribution in [3.8, 4) is 11.5 Å². The minimum absolute atomic E-state index is 0.0946. The first-order valence-electron chi connectivity index (χ1n) is 7.77. The Morgan fingerprint density at radius 1 is 1.24 bits per heavy atom. The third-order valence-corrected chi connectivity index (χ3v) is 4.58. The van der Waals surface area contributed by atoms with Gasteiger partial charge < -0.3 is 9.47 Å². The molecule has 1 N–H and O–H groups in total. The summed E-state index contributed by atoms with van der Waals surface area (Å²) < 4.78 is 12.0. The first-order chi connectivity index (χ1) is 12.0. The molecular weight excluding hydrogens is 360 g/mol. The fourth-order valence-corrected chi connectivity index (χ4v) is 3.43. The van der Waals surface area contributed by atoms with Crippen LogP contribution in [0.15, 0.2) is 36.4 Å². The maximum atomic E-state index is 12.1. The molecule has 3 rings (SSSR count). The minimum atomic E-state index is -0.265. The second-order valence-corrected chi connectivity index (χ2v) is 6.80. The smallest absolute Gasteiger partial charge is 0.264 e. The molecule has 1 aromatic heterocycles. The van der Waals surface area contributed by atoms with Gasteiger partial charge in [0.1, 0.15) is 11.5 Å². The zero-order valence-electron chi connectivity index (χ0n) is 13.8. The van der Waals surface area contributed by atoms with Crippen LogP contribution in [-0.2, 0) is 4.79 Å². The first-order valence-corrected chi connectivity index (χ1v) is 8.97. The summed E-state index contributed by atoms with van der Waals surface area (Å²) in [6, 6.07) is 10.9. The van der Waals surface area contributed by atoms with Crippen LogP contribution in [0.5, 0.6) is 11.5 Å². The summed E-state index contributed by atoms with van der Waals surface area (Å²) in [4.78, 5) is 16.5. The number of nitrogens with zero attached hydrogens (tertiary/aromatic N) is 1. The summed E-state index contributed by atoms with van der Waals surface area (Å²) in [6.45, 7) is 4.32. The molecule has 0 atom stereocenters. The zero-order valence-corrected chi connectivity index (χ0v) is 15.4. The molecular formula is C18H17ClN2O3S. The highest BCUT2D eigenvalue weighted by Gasteiger charge is 2.10. The first kappa shape index (κ1) is 17.5. The van der Waals surface area contributed by atoms with E-state index in [2.05, 4.69) is 10.3 Å². The lowest BCUT2D eigenvalue weighted by atomic mass is 10.2. The number of nitrogens with one attached hydrogen (secondary N) is 1. The van der Waals surface area contributed by atoms with E-state index < -0.39 is 0 Å². The molecule has 0 bridgehead atoms. The van der Waals surface area contributed by atoms with Gasteiger partial charge in [0.25, 0.3) is 5.91 Å². The topological polar surface area (TPSA) is 60.5 Å². The van der Waals surface area contributed by atoms with Gasteiger partial charge >= 0.3 is 0 Å². The predicted molar refractivity (Wildman–Crippen MR) is 101 cm³/mol. The summed E-state index contributed by atoms with van der Waals surface area (Å²) in [7, 11) is 0. The van der Waals surface area contributed by atoms with E-state index in [9.17, 15) is 4.79 Å². The van der Waals surface area contributed by atoms with Crippen LogP contribution in [0.25, 0.3) is 10.2 Å². The third kappa shape index (κ3) is 4.41. The molecule has 0 saturated heterocycles. The number of carbonyl (C=O) groups is 1. The van der Waals surface area contributed by atoms with Gasteiger partial charge in [-0.2, -0.15) is 0 Å². The van der Waals surface area contributed by atoms with Crippen LogP contribution in [0.2, 0.25) is 5.02 Å². The Hall–Kier alpha value is -2.31. The Kier molecular flexibility index (Phi) is 5.40. The van der Waals surface area contributed by atoms with E-state index in [1.807, 2.05) is 32.0 Å². The van der Waals surface area contributed by atoms with Gasteiger partial charge in [0.15, 0.2) is 11.7 Å². The Labute approximate surface area is 154 Å². The van der Waals surface area contributed by atoms with E-state index in [0.717, 1.165) is 21.5 Å². The Morgan fingerprint density at radius 2 is 2.08 bits per heavy atom. The van der Waals surface area contributed by atoms with Crippen molar-refractivity contribution in [1.82, 2.24) is 4.98 Å². The average Bonchev–Trinajstić information content (AvgIpc) is 2.95. The van der Waals surface area contributed by atoms with E-state index in [1.54, 1.807) is 18.2 Å². The lowest BCUT2D eigenvalue weighted by Gasteiger charge is -2.08. The molecule has 0 radical (unpaired) electrons. The SMILES string of the molecule is CCOc1ccc2nc(NC(=O)COc3ccc(Cl)cc3C)sc2c1. The molecule has 7 heteroatoms. The van der Waals surface area contributed by atoms with Crippen LogP contribution in [0.3, 0.4) is 0 Å². The molecule has 0 unspecified atom stereocenters. The summed E-state index contributed by atoms with van der Waals surface area (Å²) in [6.07, 6.45) is 0. The number of rotatable bonds is 6. The molecule has 1 amide bonds. The van der Waals surface area contributed by atoms with Gasteiger partial charge in [-0.15, -0.1) is 0 Å². The molecule has 130 valence electrons. The van der Waals surface area contributed by atoms with Gasteiger partial charge in [-0.05, 0) is 55.8 Å². The highest BCUT2D eigenvalue weighted by atomic mass is 35.5. The fraction of sp³-hybridized carbons (Fsp3) is 0.222. The molecule has 0 fully saturated rings. The van der Waals surface area contributed by atoms with Gasteiger partial charge in [0.2, 0.25) is 0 Å². The second-order valence-electron chi connectivity index (χ2n) is 5.33. The van der Waals surface area contributed by atoms with Crippen LogP contribution < -0.4 is 14.8 Å². The number of fused-ring (bicyclic) bond motifs is 1. The van der Waals surface area contributed by atoms with E-state index in [1.165, 1.54) is 11.3 Å². The minimum Gasteiger partial charge on any atom is -0.494 e. The van der Waals surface area contributed by atoms with E-state index >= 15 is 0 Å². The maximum absolute atomic E-state index is 12.1. The molecule has 0 aliphatic heterocycles. The van der Waals surface area contributed by atoms with Crippen molar-refractivity contribution in [1.29, 1.82) is 0 Å². The van der Waals surface area contributed by atoms with Crippen molar-refractivity contribution < 1.29 is 14.3 Å². The number of halogens is 1. The summed E-state index contributed by atoms with van der Waals surface area (Å²) in [5.41, 5.74) is 1.70. The number of hydrogen-bond acceptors (Lipinski definition) is 5. The molecule has 3 aromatic rings. The quantitative estimate of drug-likeness (QED) is 0.678. The molecule has 0 aliphatic rings. The summed E-state index contributed by atoms with van der Waals surface area (Å²) in [5.74, 6) is 1.15. The standard InChI is InChI=1S/C18H17ClN2O3S/c1-3-23-13-5-6-14-16(9-13)25-18(20-14)21-17(22)10-24-15-7-4-12(19)8-11(15)2/h4-9H,3,10H2,1-2H3,(H,20,21,22). The number of hydrogen-bond donors (Lipinski definition) is 1. The van der Waals surface area contributed by atoms with Crippen LogP contribution in [-0.4, -0.2) is 24.1 Å². The molecule has 2 aromatic carbocycles. The monoisotopic (exact) mass is 376 g/mol. The molecule has 5 nitrogen and oxygen atoms in total. The normalized spacial score (nSPS) is 10.7. The predicted octanol–water partition coefficient (Wildman–Crippen LogP) is 4.67. The Morgan fingerprint density at radius 3 is 2.84 bits per heavy atom. The summed E-state index contributed by atoms with van der Waals surface area (Å²) in [5, 5.41) is 3.93. The third-order valence-electron chi connectivity index (χ3n) is 3.41. The number of carbonyl (C=O) groups excluding carboxylic acids is 1. The van der Waals surface area contributed by atoms with Gasteiger partial charge in [-0.3, -0.25) is 10.1 Å². The molecule has 0 spiro atoms. The number of thiazole rings is 1. The maximum Gasteiger partial charge on any atom is 0.264 e. The van der Waals surface area contributed by atoms with Crippen LogP contribution in [0, 0.1) is 6.92 Å². The Bertz CT molecular complexity index is 910. The van der Waals surface area contributed by atoms with E-state index in [0.29, 0.717) is 22.5 Å². The van der Waals surface area contributed by atoms with Crippen LogP contribution in [0.4, 0.5) is 5.13 Å². The van der Waals surface area contributed by atoms with Crippen molar-refractivity contribution in [3.05, 3.63) is 47.0 Å². The number of ether oxygens (including phenoxy) is 2. The van der Waals surface area contributed by atoms with E-state index in [-0.39, 0.29) is 12.5 Å². The van der Waals surface area contributed by atoms with Gasteiger partial charge in [0.05, 0.1) is 16.8 Å². The number of anilines is 1. The second kappa shape index (κ2) is 7.72.